The van der Waals surface area contributed by atoms with Gasteiger partial charge in [-0.25, -0.2) is 18.3 Å². The molecule has 2 aromatic carbocycles. The van der Waals surface area contributed by atoms with Gasteiger partial charge in [0.05, 0.1) is 6.61 Å². The first-order chi connectivity index (χ1) is 23.2. The standard InChI is InChI=1S/C35H33F2N7O4/c36-21-5-7-22(8-6-21)43-26-2-1-3-28(46)30(26)29(31(34(39)47)35(43)48)20-4-9-23(25(37)16-20)24-17-27(44-32(24)33(38)40-18-41-44)19-10-12-42(13-11-19)14-15-45/h4-9,16-19,45H,1-3,10-15H2,(H2,39,47)(H2,38,40,41). The van der Waals surface area contributed by atoms with Crippen molar-refractivity contribution in [2.75, 3.05) is 32.0 Å². The van der Waals surface area contributed by atoms with E-state index in [9.17, 15) is 23.9 Å². The van der Waals surface area contributed by atoms with Crippen LogP contribution < -0.4 is 17.0 Å². The number of aliphatic hydroxyl groups is 1. The molecule has 4 heterocycles. The zero-order valence-corrected chi connectivity index (χ0v) is 26.0. The van der Waals surface area contributed by atoms with Crippen molar-refractivity contribution < 1.29 is 23.5 Å². The van der Waals surface area contributed by atoms with Crippen molar-refractivity contribution in [1.82, 2.24) is 24.1 Å². The second-order valence-corrected chi connectivity index (χ2v) is 12.3. The molecule has 2 aliphatic rings. The van der Waals surface area contributed by atoms with E-state index in [1.807, 2.05) is 6.07 Å². The van der Waals surface area contributed by atoms with Crippen molar-refractivity contribution in [2.24, 2.45) is 5.73 Å². The molecule has 0 radical (unpaired) electrons. The van der Waals surface area contributed by atoms with Gasteiger partial charge in [0.1, 0.15) is 29.0 Å². The number of carbonyl (C=O) groups excluding carboxylic acids is 2. The van der Waals surface area contributed by atoms with Crippen LogP contribution in [0.2, 0.25) is 0 Å². The van der Waals surface area contributed by atoms with Crippen molar-refractivity contribution in [1.29, 1.82) is 0 Å². The lowest BCUT2D eigenvalue weighted by atomic mass is 9.84. The Morgan fingerprint density at radius 1 is 0.979 bits per heavy atom. The number of halogens is 2. The Kier molecular flexibility index (Phi) is 8.09. The number of carbonyl (C=O) groups is 2. The minimum atomic E-state index is -1.07. The van der Waals surface area contributed by atoms with Crippen LogP contribution in [0.1, 0.15) is 63.7 Å². The summed E-state index contributed by atoms with van der Waals surface area (Å²) in [4.78, 5) is 46.7. The zero-order chi connectivity index (χ0) is 33.7. The summed E-state index contributed by atoms with van der Waals surface area (Å²) in [6, 6.07) is 11.3. The number of rotatable bonds is 7. The molecular weight excluding hydrogens is 620 g/mol. The predicted octanol–water partition coefficient (Wildman–Crippen LogP) is 3.86. The Balaban J connectivity index is 1.38. The Bertz CT molecular complexity index is 2150. The molecule has 5 N–H and O–H groups in total. The normalized spacial score (nSPS) is 15.6. The number of hydrogen-bond donors (Lipinski definition) is 3. The van der Waals surface area contributed by atoms with Crippen molar-refractivity contribution in [3.8, 4) is 27.9 Å². The van der Waals surface area contributed by atoms with Crippen LogP contribution in [0.25, 0.3) is 33.5 Å². The third-order valence-electron chi connectivity index (χ3n) is 9.48. The third-order valence-corrected chi connectivity index (χ3v) is 9.48. The van der Waals surface area contributed by atoms with Crippen LogP contribution in [-0.2, 0) is 6.42 Å². The van der Waals surface area contributed by atoms with E-state index in [0.29, 0.717) is 36.2 Å². The van der Waals surface area contributed by atoms with Gasteiger partial charge in [0, 0.05) is 58.2 Å². The highest BCUT2D eigenvalue weighted by Crippen LogP contribution is 2.40. The molecule has 7 rings (SSSR count). The average molecular weight is 654 g/mol. The number of Topliss-reactive ketones (excluding diaryl/α,β-unsaturated/α-hetero) is 1. The lowest BCUT2D eigenvalue weighted by molar-refractivity contribution is 0.0971. The molecule has 0 atom stereocenters. The number of pyridine rings is 1. The van der Waals surface area contributed by atoms with Crippen LogP contribution >= 0.6 is 0 Å². The molecule has 1 saturated heterocycles. The van der Waals surface area contributed by atoms with Gasteiger partial charge in [-0.1, -0.05) is 12.1 Å². The number of primary amides is 1. The highest BCUT2D eigenvalue weighted by atomic mass is 19.1. The van der Waals surface area contributed by atoms with Gasteiger partial charge in [-0.15, -0.1) is 0 Å². The zero-order valence-electron chi connectivity index (χ0n) is 26.0. The maximum Gasteiger partial charge on any atom is 0.268 e. The minimum absolute atomic E-state index is 0.0177. The van der Waals surface area contributed by atoms with E-state index in [-0.39, 0.29) is 58.5 Å². The predicted molar refractivity (Wildman–Crippen MR) is 175 cm³/mol. The highest BCUT2D eigenvalue weighted by Gasteiger charge is 2.33. The van der Waals surface area contributed by atoms with Gasteiger partial charge in [-0.05, 0) is 80.7 Å². The van der Waals surface area contributed by atoms with E-state index in [4.69, 9.17) is 11.5 Å². The maximum absolute atomic E-state index is 16.4. The number of aliphatic hydroxyl groups excluding tert-OH is 1. The number of anilines is 1. The van der Waals surface area contributed by atoms with Gasteiger partial charge in [-0.2, -0.15) is 5.10 Å². The number of hydrogen-bond acceptors (Lipinski definition) is 8. The SMILES string of the molecule is NC(=O)c1c(-c2ccc(-c3cc(C4CCN(CCO)CC4)n4ncnc(N)c34)c(F)c2)c2c(n(-c3ccc(F)cc3)c1=O)CCCC2=O. The average Bonchev–Trinajstić information content (AvgIpc) is 3.46. The van der Waals surface area contributed by atoms with Crippen molar-refractivity contribution in [3.63, 3.8) is 0 Å². The second kappa shape index (κ2) is 12.4. The molecule has 0 saturated carbocycles. The number of β-amino-alcohol motifs (C(OH)–C–C–N with tert-alkyl or cyclic N) is 1. The summed E-state index contributed by atoms with van der Waals surface area (Å²) in [5, 5.41) is 13.8. The Hall–Kier alpha value is -5.27. The lowest BCUT2D eigenvalue weighted by Gasteiger charge is -2.31. The summed E-state index contributed by atoms with van der Waals surface area (Å²) in [7, 11) is 0. The summed E-state index contributed by atoms with van der Waals surface area (Å²) >= 11 is 0. The Morgan fingerprint density at radius 3 is 2.42 bits per heavy atom. The summed E-state index contributed by atoms with van der Waals surface area (Å²) < 4.78 is 33.1. The van der Waals surface area contributed by atoms with E-state index in [1.54, 1.807) is 10.6 Å². The summed E-state index contributed by atoms with van der Waals surface area (Å²) in [5.41, 5.74) is 13.7. The number of nitrogen functional groups attached to an aromatic ring is 1. The topological polar surface area (TPSA) is 162 Å². The van der Waals surface area contributed by atoms with Gasteiger partial charge in [0.2, 0.25) is 0 Å². The van der Waals surface area contributed by atoms with Crippen LogP contribution in [0.4, 0.5) is 14.6 Å². The van der Waals surface area contributed by atoms with Crippen molar-refractivity contribution >= 4 is 23.0 Å². The molecular formula is C35H33F2N7O4. The molecule has 48 heavy (non-hydrogen) atoms. The van der Waals surface area contributed by atoms with Gasteiger partial charge in [0.15, 0.2) is 11.6 Å². The van der Waals surface area contributed by atoms with E-state index >= 15 is 4.39 Å². The summed E-state index contributed by atoms with van der Waals surface area (Å²) in [5.74, 6) is -2.29. The largest absolute Gasteiger partial charge is 0.395 e. The number of ketones is 1. The van der Waals surface area contributed by atoms with Crippen LogP contribution in [0.3, 0.4) is 0 Å². The van der Waals surface area contributed by atoms with Gasteiger partial charge >= 0.3 is 0 Å². The molecule has 0 unspecified atom stereocenters. The summed E-state index contributed by atoms with van der Waals surface area (Å²) in [6.45, 7) is 2.28. The number of likely N-dealkylation sites (tertiary alicyclic amines) is 1. The van der Waals surface area contributed by atoms with Crippen LogP contribution in [0.5, 0.6) is 0 Å². The first-order valence-corrected chi connectivity index (χ1v) is 15.8. The van der Waals surface area contributed by atoms with E-state index in [0.717, 1.165) is 31.6 Å². The first-order valence-electron chi connectivity index (χ1n) is 15.8. The molecule has 0 spiro atoms. The van der Waals surface area contributed by atoms with Crippen molar-refractivity contribution in [2.45, 2.75) is 38.0 Å². The number of fused-ring (bicyclic) bond motifs is 2. The lowest BCUT2D eigenvalue weighted by Crippen LogP contribution is -2.35. The van der Waals surface area contributed by atoms with E-state index < -0.39 is 28.7 Å². The molecule has 3 aromatic heterocycles. The second-order valence-electron chi connectivity index (χ2n) is 12.3. The molecule has 246 valence electrons. The van der Waals surface area contributed by atoms with E-state index in [1.165, 1.54) is 47.3 Å². The fraction of sp³-hybridized carbons (Fsp3) is 0.286. The molecule has 11 nitrogen and oxygen atoms in total. The minimum Gasteiger partial charge on any atom is -0.395 e. The van der Waals surface area contributed by atoms with Gasteiger partial charge < -0.3 is 21.5 Å². The molecule has 1 aliphatic heterocycles. The fourth-order valence-electron chi connectivity index (χ4n) is 7.25. The number of benzene rings is 2. The molecule has 5 aromatic rings. The monoisotopic (exact) mass is 653 g/mol. The number of aromatic nitrogens is 4. The molecule has 1 amide bonds. The smallest absolute Gasteiger partial charge is 0.268 e. The number of nitrogens with zero attached hydrogens (tertiary/aromatic N) is 5. The molecule has 1 aliphatic carbocycles. The quantitative estimate of drug-likeness (QED) is 0.239. The van der Waals surface area contributed by atoms with E-state index in [2.05, 4.69) is 15.0 Å². The van der Waals surface area contributed by atoms with Gasteiger partial charge in [0.25, 0.3) is 11.5 Å². The number of amides is 1. The van der Waals surface area contributed by atoms with Crippen LogP contribution in [0.15, 0.2) is 59.7 Å². The van der Waals surface area contributed by atoms with Crippen LogP contribution in [0, 0.1) is 11.6 Å². The number of piperidine rings is 1. The third kappa shape index (κ3) is 5.24. The highest BCUT2D eigenvalue weighted by molar-refractivity contribution is 6.10. The summed E-state index contributed by atoms with van der Waals surface area (Å²) in [6.07, 6.45) is 3.94. The van der Waals surface area contributed by atoms with Crippen LogP contribution in [-0.4, -0.2) is 67.1 Å². The van der Waals surface area contributed by atoms with Crippen molar-refractivity contribution in [3.05, 3.63) is 99.4 Å². The Morgan fingerprint density at radius 2 is 1.73 bits per heavy atom. The first kappa shape index (κ1) is 31.3. The molecule has 1 fully saturated rings. The fourth-order valence-corrected chi connectivity index (χ4v) is 7.25. The number of nitrogens with two attached hydrogens (primary N) is 2. The molecule has 0 bridgehead atoms. The maximum atomic E-state index is 16.4. The van der Waals surface area contributed by atoms with Gasteiger partial charge in [-0.3, -0.25) is 19.0 Å². The Labute approximate surface area is 273 Å². The molecule has 13 heteroatoms.